The number of carbonyl (C=O) groups excluding carboxylic acids is 2. The summed E-state index contributed by atoms with van der Waals surface area (Å²) in [5, 5.41) is 2.99. The van der Waals surface area contributed by atoms with Gasteiger partial charge in [0.25, 0.3) is 0 Å². The Morgan fingerprint density at radius 2 is 1.76 bits per heavy atom. The van der Waals surface area contributed by atoms with Gasteiger partial charge in [-0.25, -0.2) is 4.79 Å². The fourth-order valence-corrected chi connectivity index (χ4v) is 6.20. The van der Waals surface area contributed by atoms with Crippen molar-refractivity contribution < 1.29 is 33.3 Å². The Kier molecular flexibility index (Phi) is 14.9. The average molecular weight is 639 g/mol. The second-order valence-electron chi connectivity index (χ2n) is 12.3. The number of hydrogen-bond donors (Lipinski definition) is 1. The number of ether oxygens (including phenoxy) is 5. The lowest BCUT2D eigenvalue weighted by Gasteiger charge is -2.37. The smallest absolute Gasteiger partial charge is 0.329 e. The highest BCUT2D eigenvalue weighted by Gasteiger charge is 2.39. The summed E-state index contributed by atoms with van der Waals surface area (Å²) in [6.45, 7) is 11.6. The maximum Gasteiger partial charge on any atom is 0.329 e. The number of likely N-dealkylation sites (tertiary alicyclic amines) is 1. The molecule has 1 aliphatic rings. The van der Waals surface area contributed by atoms with Gasteiger partial charge in [0.05, 0.1) is 38.4 Å². The Bertz CT molecular complexity index is 1250. The van der Waals surface area contributed by atoms with Gasteiger partial charge in [0.2, 0.25) is 5.91 Å². The molecule has 1 fully saturated rings. The first-order chi connectivity index (χ1) is 22.1. The van der Waals surface area contributed by atoms with E-state index in [1.807, 2.05) is 37.3 Å². The lowest BCUT2D eigenvalue weighted by molar-refractivity contribution is -0.150. The summed E-state index contributed by atoms with van der Waals surface area (Å²) in [6, 6.07) is 14.0. The molecule has 1 amide bonds. The van der Waals surface area contributed by atoms with Gasteiger partial charge in [-0.15, -0.1) is 0 Å². The zero-order valence-corrected chi connectivity index (χ0v) is 28.8. The van der Waals surface area contributed by atoms with E-state index in [0.717, 1.165) is 49.9 Å². The zero-order chi connectivity index (χ0) is 33.6. The average Bonchev–Trinajstić information content (AvgIpc) is 3.56. The van der Waals surface area contributed by atoms with Crippen molar-refractivity contribution in [3.05, 3.63) is 71.9 Å². The van der Waals surface area contributed by atoms with Crippen molar-refractivity contribution in [3.63, 3.8) is 0 Å². The highest BCUT2D eigenvalue weighted by atomic mass is 16.5. The number of hydrogen-bond acceptors (Lipinski definition) is 8. The predicted molar refractivity (Wildman–Crippen MR) is 180 cm³/mol. The first-order valence-corrected chi connectivity index (χ1v) is 16.4. The third-order valence-corrected chi connectivity index (χ3v) is 9.17. The van der Waals surface area contributed by atoms with Gasteiger partial charge < -0.3 is 33.9 Å². The highest BCUT2D eigenvalue weighted by Crippen LogP contribution is 2.32. The van der Waals surface area contributed by atoms with Crippen LogP contribution in [0.4, 0.5) is 0 Å². The minimum atomic E-state index is -0.892. The summed E-state index contributed by atoms with van der Waals surface area (Å²) in [4.78, 5) is 29.6. The third kappa shape index (κ3) is 10.2. The molecule has 0 spiro atoms. The fourth-order valence-electron chi connectivity index (χ4n) is 6.20. The van der Waals surface area contributed by atoms with E-state index in [4.69, 9.17) is 23.7 Å². The van der Waals surface area contributed by atoms with E-state index < -0.39 is 24.0 Å². The number of methoxy groups -OCH3 is 4. The number of nitrogens with zero attached hydrogens (tertiary/aromatic N) is 1. The molecule has 3 rings (SSSR count). The zero-order valence-electron chi connectivity index (χ0n) is 28.8. The van der Waals surface area contributed by atoms with E-state index in [-0.39, 0.29) is 31.1 Å². The molecule has 1 saturated heterocycles. The lowest BCUT2D eigenvalue weighted by Crippen LogP contribution is -2.51. The van der Waals surface area contributed by atoms with Gasteiger partial charge in [0.15, 0.2) is 0 Å². The highest BCUT2D eigenvalue weighted by molar-refractivity contribution is 5.86. The summed E-state index contributed by atoms with van der Waals surface area (Å²) >= 11 is 0. The Hall–Kier alpha value is -3.56. The molecule has 0 radical (unpaired) electrons. The van der Waals surface area contributed by atoms with Crippen molar-refractivity contribution in [2.75, 3.05) is 35.0 Å². The Morgan fingerprint density at radius 1 is 1.02 bits per heavy atom. The molecule has 254 valence electrons. The molecule has 1 aliphatic heterocycles. The van der Waals surface area contributed by atoms with Crippen molar-refractivity contribution in [2.45, 2.75) is 90.2 Å². The second-order valence-corrected chi connectivity index (χ2v) is 12.3. The van der Waals surface area contributed by atoms with Gasteiger partial charge in [0.1, 0.15) is 24.1 Å². The first-order valence-electron chi connectivity index (χ1n) is 16.4. The number of rotatable bonds is 19. The van der Waals surface area contributed by atoms with Crippen LogP contribution < -0.4 is 14.8 Å². The molecule has 0 bridgehead atoms. The van der Waals surface area contributed by atoms with E-state index in [1.54, 1.807) is 46.6 Å². The van der Waals surface area contributed by atoms with Gasteiger partial charge >= 0.3 is 5.97 Å². The van der Waals surface area contributed by atoms with Gasteiger partial charge in [-0.05, 0) is 42.9 Å². The minimum Gasteiger partial charge on any atom is -0.497 e. The number of benzene rings is 2. The third-order valence-electron chi connectivity index (χ3n) is 9.17. The quantitative estimate of drug-likeness (QED) is 0.189. The summed E-state index contributed by atoms with van der Waals surface area (Å²) in [5.41, 5.74) is 2.61. The van der Waals surface area contributed by atoms with E-state index >= 15 is 0 Å². The molecule has 0 saturated carbocycles. The van der Waals surface area contributed by atoms with Crippen LogP contribution in [-0.2, 0) is 36.8 Å². The Balaban J connectivity index is 1.72. The monoisotopic (exact) mass is 638 g/mol. The molecule has 9 heteroatoms. The largest absolute Gasteiger partial charge is 0.497 e. The van der Waals surface area contributed by atoms with Crippen LogP contribution in [0.2, 0.25) is 0 Å². The standard InChI is InChI=1S/C37H54N2O7/c1-9-25(2)20-31(43-6)21-26(3)39-19-13-16-33(39)35(45-8)27(4)36(40)38-32(22-28-14-11-10-12-15-28)37(41)46-24-29-17-18-30(42-5)23-34(29)44-7/h10-12,14-15,17-18,23,25,27,31-33,35H,3,9,13,16,19-22,24H2,1-2,4-8H3,(H,38,40)/t25?,27-,31+,32+,33+,35-/m1/s1. The van der Waals surface area contributed by atoms with Crippen molar-refractivity contribution >= 4 is 11.9 Å². The molecular weight excluding hydrogens is 584 g/mol. The van der Waals surface area contributed by atoms with Crippen LogP contribution in [0.25, 0.3) is 0 Å². The van der Waals surface area contributed by atoms with E-state index in [1.165, 1.54) is 0 Å². The Morgan fingerprint density at radius 3 is 2.39 bits per heavy atom. The molecule has 1 N–H and O–H groups in total. The van der Waals surface area contributed by atoms with Crippen LogP contribution in [0.5, 0.6) is 11.5 Å². The summed E-state index contributed by atoms with van der Waals surface area (Å²) in [7, 11) is 6.53. The number of nitrogens with one attached hydrogen (secondary N) is 1. The number of carbonyl (C=O) groups is 2. The summed E-state index contributed by atoms with van der Waals surface area (Å²) in [6.07, 6.45) is 4.66. The first kappa shape index (κ1) is 36.9. The van der Waals surface area contributed by atoms with Crippen LogP contribution in [0.3, 0.4) is 0 Å². The predicted octanol–water partition coefficient (Wildman–Crippen LogP) is 5.95. The van der Waals surface area contributed by atoms with Gasteiger partial charge in [-0.1, -0.05) is 64.1 Å². The fraction of sp³-hybridized carbons (Fsp3) is 0.568. The van der Waals surface area contributed by atoms with E-state index in [2.05, 4.69) is 30.6 Å². The molecule has 1 unspecified atom stereocenters. The molecule has 2 aromatic rings. The topological polar surface area (TPSA) is 95.6 Å². The normalized spacial score (nSPS) is 17.8. The number of esters is 1. The van der Waals surface area contributed by atoms with Crippen LogP contribution in [0.15, 0.2) is 60.8 Å². The number of amides is 1. The minimum absolute atomic E-state index is 0.0118. The van der Waals surface area contributed by atoms with Crippen molar-refractivity contribution in [2.24, 2.45) is 11.8 Å². The maximum absolute atomic E-state index is 13.8. The van der Waals surface area contributed by atoms with Crippen LogP contribution >= 0.6 is 0 Å². The molecule has 46 heavy (non-hydrogen) atoms. The van der Waals surface area contributed by atoms with Gasteiger partial charge in [-0.3, -0.25) is 4.79 Å². The molecule has 0 aromatic heterocycles. The van der Waals surface area contributed by atoms with Gasteiger partial charge in [-0.2, -0.15) is 0 Å². The van der Waals surface area contributed by atoms with Crippen LogP contribution in [-0.4, -0.2) is 76.1 Å². The van der Waals surface area contributed by atoms with Crippen LogP contribution in [0.1, 0.15) is 64.0 Å². The molecule has 9 nitrogen and oxygen atoms in total. The van der Waals surface area contributed by atoms with Gasteiger partial charge in [0, 0.05) is 50.9 Å². The van der Waals surface area contributed by atoms with E-state index in [0.29, 0.717) is 23.0 Å². The maximum atomic E-state index is 13.8. The second kappa shape index (κ2) is 18.6. The van der Waals surface area contributed by atoms with Crippen molar-refractivity contribution in [1.82, 2.24) is 10.2 Å². The van der Waals surface area contributed by atoms with Crippen LogP contribution in [0, 0.1) is 11.8 Å². The lowest BCUT2D eigenvalue weighted by atomic mass is 9.93. The van der Waals surface area contributed by atoms with Crippen molar-refractivity contribution in [1.29, 1.82) is 0 Å². The molecule has 0 aliphatic carbocycles. The SMILES string of the molecule is C=C(C[C@H](CC(C)CC)OC)N1CCC[C@H]1[C@H](OC)[C@@H](C)C(=O)N[C@@H](Cc1ccccc1)C(=O)OCc1ccc(OC)cc1OC. The Labute approximate surface area is 275 Å². The molecule has 1 heterocycles. The van der Waals surface area contributed by atoms with E-state index in [9.17, 15) is 9.59 Å². The molecule has 6 atom stereocenters. The molecular formula is C37H54N2O7. The summed E-state index contributed by atoms with van der Waals surface area (Å²) < 4.78 is 28.3. The van der Waals surface area contributed by atoms with Crippen molar-refractivity contribution in [3.8, 4) is 11.5 Å². The molecule has 2 aromatic carbocycles. The summed E-state index contributed by atoms with van der Waals surface area (Å²) in [5.74, 6) is 0.421.